The lowest BCUT2D eigenvalue weighted by Gasteiger charge is -2.20. The van der Waals surface area contributed by atoms with E-state index in [4.69, 9.17) is 54.3 Å². The van der Waals surface area contributed by atoms with Crippen molar-refractivity contribution in [3.8, 4) is 23.0 Å². The van der Waals surface area contributed by atoms with Gasteiger partial charge in [0, 0.05) is 25.2 Å². The van der Waals surface area contributed by atoms with Crippen molar-refractivity contribution in [1.29, 1.82) is 0 Å². The summed E-state index contributed by atoms with van der Waals surface area (Å²) in [6, 6.07) is 22.4. The number of methoxy groups -OCH3 is 4. The largest absolute Gasteiger partial charge is 0.554 e. The molecule has 5 rings (SSSR count). The Balaban J connectivity index is 1.75. The van der Waals surface area contributed by atoms with Crippen LogP contribution in [0.4, 0.5) is 22.7 Å². The van der Waals surface area contributed by atoms with E-state index in [0.29, 0.717) is 70.0 Å². The second kappa shape index (κ2) is 13.8. The zero-order valence-corrected chi connectivity index (χ0v) is 24.8. The van der Waals surface area contributed by atoms with Gasteiger partial charge in [0.15, 0.2) is 23.0 Å². The first kappa shape index (κ1) is 30.2. The van der Waals surface area contributed by atoms with Crippen molar-refractivity contribution in [1.82, 2.24) is 0 Å². The fraction of sp³-hybridized carbons (Fsp3) is 0.188. The van der Waals surface area contributed by atoms with Gasteiger partial charge in [-0.1, -0.05) is 36.4 Å². The summed E-state index contributed by atoms with van der Waals surface area (Å²) >= 11 is 0. The lowest BCUT2D eigenvalue weighted by atomic mass is 10.1. The highest BCUT2D eigenvalue weighted by atomic mass is 16.5. The minimum atomic E-state index is 0.171. The maximum atomic E-state index is 5.83. The number of anilines is 2. The van der Waals surface area contributed by atoms with Crippen LogP contribution in [0.5, 0.6) is 23.0 Å². The third-order valence-corrected chi connectivity index (χ3v) is 7.10. The van der Waals surface area contributed by atoms with Gasteiger partial charge in [0.25, 0.3) is 0 Å². The number of ether oxygens (including phenoxy) is 4. The van der Waals surface area contributed by atoms with E-state index < -0.39 is 0 Å². The number of fused-ring (bicyclic) bond motifs is 4. The van der Waals surface area contributed by atoms with E-state index in [2.05, 4.69) is 10.6 Å². The van der Waals surface area contributed by atoms with Gasteiger partial charge in [0.05, 0.1) is 62.3 Å². The van der Waals surface area contributed by atoms with Gasteiger partial charge in [-0.25, -0.2) is 9.98 Å². The summed E-state index contributed by atoms with van der Waals surface area (Å²) < 4.78 is 33.1. The van der Waals surface area contributed by atoms with E-state index >= 15 is 0 Å². The van der Waals surface area contributed by atoms with Crippen LogP contribution in [0.25, 0.3) is 0 Å². The van der Waals surface area contributed by atoms with Crippen molar-refractivity contribution in [3.05, 3.63) is 95.1 Å². The molecule has 0 unspecified atom stereocenters. The van der Waals surface area contributed by atoms with Crippen LogP contribution in [-0.4, -0.2) is 56.3 Å². The summed E-state index contributed by atoms with van der Waals surface area (Å²) in [5.41, 5.74) is 5.37. The molecule has 0 fully saturated rings. The summed E-state index contributed by atoms with van der Waals surface area (Å²) in [5.74, 6) is 2.34. The Kier molecular flexibility index (Phi) is 9.49. The van der Waals surface area contributed by atoms with Gasteiger partial charge in [-0.2, -0.15) is 0 Å². The molecule has 1 heterocycles. The number of hydrogen-bond acceptors (Lipinski definition) is 10. The highest BCUT2D eigenvalue weighted by Crippen LogP contribution is 2.37. The molecule has 0 aliphatic carbocycles. The summed E-state index contributed by atoms with van der Waals surface area (Å²) in [7, 11) is 17.9. The number of nitrogens with zero attached hydrogens (tertiary/aromatic N) is 2. The van der Waals surface area contributed by atoms with Crippen molar-refractivity contribution in [3.63, 3.8) is 0 Å². The Morgan fingerprint density at radius 1 is 0.545 bits per heavy atom. The molecule has 0 aromatic heterocycles. The summed E-state index contributed by atoms with van der Waals surface area (Å²) in [6.45, 7) is 0.705. The van der Waals surface area contributed by atoms with Crippen LogP contribution in [0.2, 0.25) is 0 Å². The highest BCUT2D eigenvalue weighted by molar-refractivity contribution is 6.14. The molecule has 0 bridgehead atoms. The molecule has 4 aromatic carbocycles. The van der Waals surface area contributed by atoms with Gasteiger partial charge >= 0.3 is 16.1 Å². The van der Waals surface area contributed by atoms with Crippen LogP contribution in [-0.2, 0) is 22.4 Å². The molecular formula is C32H30B2N4O6. The average molecular weight is 588 g/mol. The topological polar surface area (TPSA) is 104 Å². The van der Waals surface area contributed by atoms with E-state index in [1.54, 1.807) is 52.7 Å². The maximum absolute atomic E-state index is 5.83. The van der Waals surface area contributed by atoms with Gasteiger partial charge in [0.2, 0.25) is 11.8 Å². The summed E-state index contributed by atoms with van der Waals surface area (Å²) in [6.07, 6.45) is 0. The SMILES string of the molecule is [B]OC1=Nc2ccccc2CNc2cc(OC)c(OC)cc2C(O[B])=Nc2ccccc2CNc2cc(OC)c(OC)cc21. The van der Waals surface area contributed by atoms with Crippen molar-refractivity contribution in [2.45, 2.75) is 13.1 Å². The van der Waals surface area contributed by atoms with Crippen LogP contribution in [0.1, 0.15) is 22.3 Å². The number of nitrogens with one attached hydrogen (secondary N) is 2. The van der Waals surface area contributed by atoms with Crippen molar-refractivity contribution in [2.75, 3.05) is 39.1 Å². The molecule has 0 saturated carbocycles. The van der Waals surface area contributed by atoms with Crippen molar-refractivity contribution < 1.29 is 28.3 Å². The molecule has 0 spiro atoms. The van der Waals surface area contributed by atoms with Gasteiger partial charge < -0.3 is 38.9 Å². The zero-order valence-electron chi connectivity index (χ0n) is 24.8. The second-order valence-corrected chi connectivity index (χ2v) is 9.54. The molecule has 0 saturated heterocycles. The maximum Gasteiger partial charge on any atom is 0.376 e. The number of hydrogen-bond donors (Lipinski definition) is 2. The fourth-order valence-corrected chi connectivity index (χ4v) is 4.84. The molecule has 2 N–H and O–H groups in total. The Morgan fingerprint density at radius 2 is 0.909 bits per heavy atom. The number of benzene rings is 4. The molecule has 10 nitrogen and oxygen atoms in total. The first-order chi connectivity index (χ1) is 21.5. The first-order valence-corrected chi connectivity index (χ1v) is 13.6. The van der Waals surface area contributed by atoms with Gasteiger partial charge in [0.1, 0.15) is 0 Å². The molecule has 0 atom stereocenters. The summed E-state index contributed by atoms with van der Waals surface area (Å²) in [4.78, 5) is 9.66. The molecular weight excluding hydrogens is 558 g/mol. The molecule has 1 aliphatic rings. The van der Waals surface area contributed by atoms with Gasteiger partial charge in [-0.05, 0) is 35.4 Å². The standard InChI is InChI=1S/C32H30B2N4O6/c1-39-27-13-21-25(15-29(27)41-3)35-17-19-9-6-8-12-24(19)38-32(44-34)22-14-28(40-2)30(42-4)16-26(22)36-18-20-10-5-7-11-23(20)37-31(21)43-33/h5-16,35-36H,17-18H2,1-4H3. The Hall–Kier alpha value is -5.25. The minimum Gasteiger partial charge on any atom is -0.554 e. The monoisotopic (exact) mass is 588 g/mol. The summed E-state index contributed by atoms with van der Waals surface area (Å²) in [5, 5.41) is 6.92. The third kappa shape index (κ3) is 6.24. The first-order valence-electron chi connectivity index (χ1n) is 13.6. The number of aliphatic imine (C=N–C) groups is 2. The number of para-hydroxylation sites is 2. The highest BCUT2D eigenvalue weighted by Gasteiger charge is 2.20. The predicted molar refractivity (Wildman–Crippen MR) is 173 cm³/mol. The van der Waals surface area contributed by atoms with E-state index in [9.17, 15) is 0 Å². The number of rotatable bonds is 4. The quantitative estimate of drug-likeness (QED) is 0.297. The van der Waals surface area contributed by atoms with E-state index in [-0.39, 0.29) is 11.8 Å². The Labute approximate surface area is 258 Å². The molecule has 12 heteroatoms. The fourth-order valence-electron chi connectivity index (χ4n) is 4.84. The van der Waals surface area contributed by atoms with E-state index in [1.807, 2.05) is 48.5 Å². The zero-order chi connectivity index (χ0) is 31.1. The van der Waals surface area contributed by atoms with Crippen LogP contribution in [0.15, 0.2) is 82.8 Å². The molecule has 0 amide bonds. The lowest BCUT2D eigenvalue weighted by Crippen LogP contribution is -2.13. The molecule has 4 radical (unpaired) electrons. The lowest BCUT2D eigenvalue weighted by molar-refractivity contribution is 0.355. The van der Waals surface area contributed by atoms with Crippen LogP contribution < -0.4 is 29.6 Å². The van der Waals surface area contributed by atoms with Crippen molar-refractivity contribution in [2.24, 2.45) is 9.98 Å². The molecule has 1 aliphatic heterocycles. The second-order valence-electron chi connectivity index (χ2n) is 9.54. The van der Waals surface area contributed by atoms with Crippen LogP contribution in [0, 0.1) is 0 Å². The van der Waals surface area contributed by atoms with Crippen LogP contribution >= 0.6 is 0 Å². The molecule has 4 aromatic rings. The van der Waals surface area contributed by atoms with Gasteiger partial charge in [-0.15, -0.1) is 0 Å². The third-order valence-electron chi connectivity index (χ3n) is 7.10. The Bertz CT molecular complexity index is 1590. The van der Waals surface area contributed by atoms with Gasteiger partial charge in [-0.3, -0.25) is 0 Å². The van der Waals surface area contributed by atoms with Crippen molar-refractivity contribution >= 4 is 50.6 Å². The van der Waals surface area contributed by atoms with Crippen LogP contribution in [0.3, 0.4) is 0 Å². The smallest absolute Gasteiger partial charge is 0.376 e. The Morgan fingerprint density at radius 3 is 1.27 bits per heavy atom. The predicted octanol–water partition coefficient (Wildman–Crippen LogP) is 5.62. The molecule has 44 heavy (non-hydrogen) atoms. The molecule has 220 valence electrons. The van der Waals surface area contributed by atoms with E-state index in [0.717, 1.165) is 11.1 Å². The average Bonchev–Trinajstić information content (AvgIpc) is 3.07. The van der Waals surface area contributed by atoms with E-state index in [1.165, 1.54) is 0 Å². The normalized spacial score (nSPS) is 12.7. The minimum absolute atomic E-state index is 0.171.